The molecule has 2 aromatic carbocycles. The number of carbonyl (C=O) groups is 1. The van der Waals surface area contributed by atoms with Crippen molar-refractivity contribution in [2.45, 2.75) is 59.7 Å². The third kappa shape index (κ3) is 5.96. The van der Waals surface area contributed by atoms with Gasteiger partial charge in [-0.05, 0) is 94.0 Å². The van der Waals surface area contributed by atoms with Gasteiger partial charge in [-0.3, -0.25) is 4.98 Å². The minimum absolute atomic E-state index is 0.236. The van der Waals surface area contributed by atoms with E-state index in [1.54, 1.807) is 0 Å². The fourth-order valence-corrected chi connectivity index (χ4v) is 4.23. The first-order valence-electron chi connectivity index (χ1n) is 11.9. The summed E-state index contributed by atoms with van der Waals surface area (Å²) in [5.41, 5.74) is 7.54. The molecule has 5 nitrogen and oxygen atoms in total. The Morgan fingerprint density at radius 1 is 0.941 bits per heavy atom. The molecule has 1 aliphatic heterocycles. The van der Waals surface area contributed by atoms with Crippen LogP contribution in [-0.2, 0) is 24.2 Å². The SMILES string of the molecule is Cc1ccnc(COc2ccc(C)cc2-c2ccc3c(c2)CCN(C(=O)OC(C)(C)C)CC3)c1. The lowest BCUT2D eigenvalue weighted by molar-refractivity contribution is 0.0258. The molecule has 0 saturated heterocycles. The number of aromatic nitrogens is 1. The van der Waals surface area contributed by atoms with Crippen molar-refractivity contribution in [1.29, 1.82) is 0 Å². The average molecular weight is 459 g/mol. The van der Waals surface area contributed by atoms with Crippen molar-refractivity contribution in [3.8, 4) is 16.9 Å². The van der Waals surface area contributed by atoms with Crippen molar-refractivity contribution in [1.82, 2.24) is 9.88 Å². The number of hydrogen-bond acceptors (Lipinski definition) is 4. The highest BCUT2D eigenvalue weighted by molar-refractivity contribution is 5.73. The van der Waals surface area contributed by atoms with Gasteiger partial charge in [0.15, 0.2) is 0 Å². The predicted octanol–water partition coefficient (Wildman–Crippen LogP) is 6.28. The Morgan fingerprint density at radius 2 is 1.68 bits per heavy atom. The van der Waals surface area contributed by atoms with Crippen LogP contribution in [0.1, 0.15) is 48.7 Å². The number of carbonyl (C=O) groups excluding carboxylic acids is 1. The number of fused-ring (bicyclic) bond motifs is 1. The fourth-order valence-electron chi connectivity index (χ4n) is 4.23. The molecule has 0 spiro atoms. The molecule has 0 atom stereocenters. The quantitative estimate of drug-likeness (QED) is 0.462. The van der Waals surface area contributed by atoms with Gasteiger partial charge in [0.1, 0.15) is 18.0 Å². The smallest absolute Gasteiger partial charge is 0.410 e. The standard InChI is InChI=1S/C29H34N2O3/c1-20-6-9-27(33-19-25-16-21(2)10-13-30-25)26(17-20)24-8-7-22-11-14-31(15-12-23(22)18-24)28(32)34-29(3,4)5/h6-10,13,16-18H,11-12,14-15,19H2,1-5H3. The van der Waals surface area contributed by atoms with Crippen LogP contribution in [0.5, 0.6) is 5.75 Å². The maximum Gasteiger partial charge on any atom is 0.410 e. The van der Waals surface area contributed by atoms with Crippen molar-refractivity contribution in [2.24, 2.45) is 0 Å². The third-order valence-electron chi connectivity index (χ3n) is 5.95. The zero-order chi connectivity index (χ0) is 24.3. The summed E-state index contributed by atoms with van der Waals surface area (Å²) in [6.45, 7) is 11.6. The molecule has 2 heterocycles. The van der Waals surface area contributed by atoms with E-state index in [-0.39, 0.29) is 6.09 Å². The molecule has 1 aromatic heterocycles. The first-order valence-corrected chi connectivity index (χ1v) is 11.9. The molecule has 5 heteroatoms. The summed E-state index contributed by atoms with van der Waals surface area (Å²) in [5, 5.41) is 0. The van der Waals surface area contributed by atoms with Gasteiger partial charge < -0.3 is 14.4 Å². The van der Waals surface area contributed by atoms with Gasteiger partial charge in [0.05, 0.1) is 5.69 Å². The lowest BCUT2D eigenvalue weighted by Gasteiger charge is -2.26. The van der Waals surface area contributed by atoms with E-state index in [4.69, 9.17) is 9.47 Å². The second kappa shape index (κ2) is 9.88. The lowest BCUT2D eigenvalue weighted by atomic mass is 9.95. The molecule has 0 bridgehead atoms. The first kappa shape index (κ1) is 23.8. The molecule has 0 radical (unpaired) electrons. The van der Waals surface area contributed by atoms with E-state index in [2.05, 4.69) is 49.2 Å². The van der Waals surface area contributed by atoms with E-state index in [1.807, 2.05) is 50.1 Å². The number of hydrogen-bond donors (Lipinski definition) is 0. The first-order chi connectivity index (χ1) is 16.2. The molecule has 178 valence electrons. The van der Waals surface area contributed by atoms with Gasteiger partial charge in [-0.15, -0.1) is 0 Å². The minimum Gasteiger partial charge on any atom is -0.487 e. The topological polar surface area (TPSA) is 51.7 Å². The molecular weight excluding hydrogens is 424 g/mol. The monoisotopic (exact) mass is 458 g/mol. The summed E-state index contributed by atoms with van der Waals surface area (Å²) in [7, 11) is 0. The molecule has 1 aliphatic rings. The second-order valence-electron chi connectivity index (χ2n) is 10.1. The molecule has 0 N–H and O–H groups in total. The van der Waals surface area contributed by atoms with Crippen LogP contribution in [0.2, 0.25) is 0 Å². The summed E-state index contributed by atoms with van der Waals surface area (Å²) in [6, 6.07) is 16.9. The average Bonchev–Trinajstić information content (AvgIpc) is 2.99. The maximum absolute atomic E-state index is 12.6. The van der Waals surface area contributed by atoms with E-state index in [0.717, 1.165) is 35.4 Å². The van der Waals surface area contributed by atoms with E-state index < -0.39 is 5.60 Å². The van der Waals surface area contributed by atoms with Gasteiger partial charge in [0.2, 0.25) is 0 Å². The summed E-state index contributed by atoms with van der Waals surface area (Å²) >= 11 is 0. The predicted molar refractivity (Wildman–Crippen MR) is 135 cm³/mol. The van der Waals surface area contributed by atoms with Crippen molar-refractivity contribution in [3.63, 3.8) is 0 Å². The van der Waals surface area contributed by atoms with Gasteiger partial charge in [-0.1, -0.05) is 29.8 Å². The van der Waals surface area contributed by atoms with Crippen LogP contribution in [0.25, 0.3) is 11.1 Å². The van der Waals surface area contributed by atoms with Gasteiger partial charge >= 0.3 is 6.09 Å². The summed E-state index contributed by atoms with van der Waals surface area (Å²) in [5.74, 6) is 0.845. The van der Waals surface area contributed by atoms with Crippen LogP contribution in [0.4, 0.5) is 4.79 Å². The maximum atomic E-state index is 12.6. The van der Waals surface area contributed by atoms with Crippen LogP contribution >= 0.6 is 0 Å². The minimum atomic E-state index is -0.487. The molecule has 0 saturated carbocycles. The number of rotatable bonds is 4. The number of aryl methyl sites for hydroxylation is 2. The fraction of sp³-hybridized carbons (Fsp3) is 0.379. The third-order valence-corrected chi connectivity index (χ3v) is 5.95. The summed E-state index contributed by atoms with van der Waals surface area (Å²) in [6.07, 6.45) is 3.21. The largest absolute Gasteiger partial charge is 0.487 e. The van der Waals surface area contributed by atoms with Crippen LogP contribution in [0.15, 0.2) is 54.7 Å². The Labute approximate surface area is 202 Å². The lowest BCUT2D eigenvalue weighted by Crippen LogP contribution is -2.38. The summed E-state index contributed by atoms with van der Waals surface area (Å²) < 4.78 is 11.8. The van der Waals surface area contributed by atoms with E-state index in [1.165, 1.54) is 22.3 Å². The number of amides is 1. The Kier molecular flexibility index (Phi) is 6.92. The highest BCUT2D eigenvalue weighted by Crippen LogP contribution is 2.33. The molecule has 0 aliphatic carbocycles. The second-order valence-corrected chi connectivity index (χ2v) is 10.1. The van der Waals surface area contributed by atoms with Crippen LogP contribution in [0.3, 0.4) is 0 Å². The molecule has 0 fully saturated rings. The molecular formula is C29H34N2O3. The van der Waals surface area contributed by atoms with Crippen molar-refractivity contribution in [2.75, 3.05) is 13.1 Å². The normalized spacial score (nSPS) is 13.7. The molecule has 4 rings (SSSR count). The van der Waals surface area contributed by atoms with E-state index in [9.17, 15) is 4.79 Å². The Bertz CT molecular complexity index is 1180. The van der Waals surface area contributed by atoms with Crippen molar-refractivity contribution >= 4 is 6.09 Å². The number of nitrogens with zero attached hydrogens (tertiary/aromatic N) is 2. The van der Waals surface area contributed by atoms with E-state index in [0.29, 0.717) is 19.7 Å². The highest BCUT2D eigenvalue weighted by atomic mass is 16.6. The Balaban J connectivity index is 1.54. The van der Waals surface area contributed by atoms with Crippen molar-refractivity contribution in [3.05, 3.63) is 82.7 Å². The Morgan fingerprint density at radius 3 is 2.41 bits per heavy atom. The number of pyridine rings is 1. The number of benzene rings is 2. The van der Waals surface area contributed by atoms with E-state index >= 15 is 0 Å². The van der Waals surface area contributed by atoms with Crippen LogP contribution in [0, 0.1) is 13.8 Å². The van der Waals surface area contributed by atoms with Crippen molar-refractivity contribution < 1.29 is 14.3 Å². The number of ether oxygens (including phenoxy) is 2. The molecule has 0 unspecified atom stereocenters. The van der Waals surface area contributed by atoms with Gasteiger partial charge in [0, 0.05) is 24.8 Å². The van der Waals surface area contributed by atoms with Crippen LogP contribution < -0.4 is 4.74 Å². The zero-order valence-electron chi connectivity index (χ0n) is 20.9. The Hall–Kier alpha value is -3.34. The molecule has 34 heavy (non-hydrogen) atoms. The summed E-state index contributed by atoms with van der Waals surface area (Å²) in [4.78, 5) is 18.8. The zero-order valence-corrected chi connectivity index (χ0v) is 20.9. The molecule has 3 aromatic rings. The van der Waals surface area contributed by atoms with Gasteiger partial charge in [0.25, 0.3) is 0 Å². The molecule has 1 amide bonds. The highest BCUT2D eigenvalue weighted by Gasteiger charge is 2.24. The van der Waals surface area contributed by atoms with Gasteiger partial charge in [-0.25, -0.2) is 4.79 Å². The van der Waals surface area contributed by atoms with Gasteiger partial charge in [-0.2, -0.15) is 0 Å². The van der Waals surface area contributed by atoms with Crippen LogP contribution in [-0.4, -0.2) is 34.7 Å².